The predicted octanol–water partition coefficient (Wildman–Crippen LogP) is 3.26. The third-order valence-electron chi connectivity index (χ3n) is 5.75. The molecule has 0 aromatic carbocycles. The predicted molar refractivity (Wildman–Crippen MR) is 78.5 cm³/mol. The van der Waals surface area contributed by atoms with Gasteiger partial charge in [-0.05, 0) is 62.9 Å². The zero-order chi connectivity index (χ0) is 13.1. The van der Waals surface area contributed by atoms with Crippen LogP contribution in [-0.2, 0) is 0 Å². The van der Waals surface area contributed by atoms with E-state index in [1.54, 1.807) is 0 Å². The van der Waals surface area contributed by atoms with E-state index in [0.717, 1.165) is 36.4 Å². The Kier molecular flexibility index (Phi) is 5.08. The molecule has 0 aromatic heterocycles. The normalized spacial score (nSPS) is 41.5. The van der Waals surface area contributed by atoms with E-state index in [9.17, 15) is 0 Å². The van der Waals surface area contributed by atoms with Gasteiger partial charge in [-0.2, -0.15) is 0 Å². The van der Waals surface area contributed by atoms with Crippen LogP contribution >= 0.6 is 0 Å². The summed E-state index contributed by atoms with van der Waals surface area (Å²) in [6, 6.07) is 1.61. The molecular weight excluding hydrogens is 220 g/mol. The molecule has 2 aliphatic rings. The van der Waals surface area contributed by atoms with Crippen molar-refractivity contribution in [2.45, 2.75) is 71.4 Å². The lowest BCUT2D eigenvalue weighted by Crippen LogP contribution is -2.48. The third-order valence-corrected chi connectivity index (χ3v) is 5.75. The van der Waals surface area contributed by atoms with Crippen LogP contribution in [0.5, 0.6) is 0 Å². The number of hydrogen-bond donors (Lipinski definition) is 1. The molecule has 0 radical (unpaired) electrons. The molecule has 2 rings (SSSR count). The molecule has 2 heteroatoms. The molecule has 18 heavy (non-hydrogen) atoms. The molecule has 0 spiro atoms. The maximum absolute atomic E-state index is 5.97. The van der Waals surface area contributed by atoms with Crippen molar-refractivity contribution in [1.82, 2.24) is 4.90 Å². The summed E-state index contributed by atoms with van der Waals surface area (Å²) in [5.41, 5.74) is 5.97. The van der Waals surface area contributed by atoms with Crippen LogP contribution in [0.4, 0.5) is 0 Å². The van der Waals surface area contributed by atoms with Crippen molar-refractivity contribution in [2.24, 2.45) is 23.5 Å². The van der Waals surface area contributed by atoms with E-state index in [-0.39, 0.29) is 0 Å². The van der Waals surface area contributed by atoms with E-state index in [0.29, 0.717) is 0 Å². The average Bonchev–Trinajstić information content (AvgIpc) is 2.83. The van der Waals surface area contributed by atoms with Crippen LogP contribution in [0.25, 0.3) is 0 Å². The van der Waals surface area contributed by atoms with Crippen LogP contribution in [0.15, 0.2) is 0 Å². The highest BCUT2D eigenvalue weighted by Crippen LogP contribution is 2.37. The van der Waals surface area contributed by atoms with Crippen LogP contribution in [0.3, 0.4) is 0 Å². The number of nitrogens with zero attached hydrogens (tertiary/aromatic N) is 1. The molecule has 2 fully saturated rings. The molecule has 5 unspecified atom stereocenters. The van der Waals surface area contributed by atoms with Gasteiger partial charge in [0, 0.05) is 12.1 Å². The Balaban J connectivity index is 2.00. The molecule has 0 bridgehead atoms. The Morgan fingerprint density at radius 2 is 1.83 bits per heavy atom. The first kappa shape index (κ1) is 14.3. The van der Waals surface area contributed by atoms with Crippen molar-refractivity contribution >= 4 is 0 Å². The first-order valence-electron chi connectivity index (χ1n) is 8.13. The molecule has 0 heterocycles. The minimum absolute atomic E-state index is 0.764. The molecule has 5 atom stereocenters. The van der Waals surface area contributed by atoms with Crippen LogP contribution in [0, 0.1) is 17.8 Å². The molecule has 2 saturated carbocycles. The summed E-state index contributed by atoms with van der Waals surface area (Å²) < 4.78 is 0. The monoisotopic (exact) mass is 252 g/mol. The van der Waals surface area contributed by atoms with Gasteiger partial charge in [0.2, 0.25) is 0 Å². The quantitative estimate of drug-likeness (QED) is 0.832. The first-order valence-corrected chi connectivity index (χ1v) is 8.13. The fraction of sp³-hybridized carbons (Fsp3) is 1.00. The fourth-order valence-corrected chi connectivity index (χ4v) is 4.31. The Morgan fingerprint density at radius 3 is 2.44 bits per heavy atom. The fourth-order valence-electron chi connectivity index (χ4n) is 4.31. The Labute approximate surface area is 113 Å². The van der Waals surface area contributed by atoms with E-state index in [4.69, 9.17) is 5.73 Å². The Morgan fingerprint density at radius 1 is 1.06 bits per heavy atom. The molecule has 2 nitrogen and oxygen atoms in total. The molecule has 0 saturated heterocycles. The van der Waals surface area contributed by atoms with Crippen LogP contribution in [0.2, 0.25) is 0 Å². The SMILES string of the molecule is CCN(C1CCC(C)C(C)C1)C1CCCC1CN. The van der Waals surface area contributed by atoms with Crippen LogP contribution in [-0.4, -0.2) is 30.1 Å². The van der Waals surface area contributed by atoms with E-state index in [1.807, 2.05) is 0 Å². The number of hydrogen-bond acceptors (Lipinski definition) is 2. The maximum Gasteiger partial charge on any atom is 0.0138 e. The zero-order valence-corrected chi connectivity index (χ0v) is 12.6. The van der Waals surface area contributed by atoms with E-state index in [2.05, 4.69) is 25.7 Å². The number of rotatable bonds is 4. The van der Waals surface area contributed by atoms with Gasteiger partial charge < -0.3 is 5.73 Å². The second kappa shape index (κ2) is 6.38. The van der Waals surface area contributed by atoms with Gasteiger partial charge in [0.1, 0.15) is 0 Å². The van der Waals surface area contributed by atoms with Gasteiger partial charge >= 0.3 is 0 Å². The van der Waals surface area contributed by atoms with E-state index >= 15 is 0 Å². The minimum atomic E-state index is 0.764. The van der Waals surface area contributed by atoms with Gasteiger partial charge in [-0.3, -0.25) is 4.90 Å². The molecule has 2 N–H and O–H groups in total. The van der Waals surface area contributed by atoms with Gasteiger partial charge in [0.15, 0.2) is 0 Å². The summed E-state index contributed by atoms with van der Waals surface area (Å²) >= 11 is 0. The van der Waals surface area contributed by atoms with Gasteiger partial charge in [-0.15, -0.1) is 0 Å². The molecule has 2 aliphatic carbocycles. The highest BCUT2D eigenvalue weighted by molar-refractivity contribution is 4.91. The summed E-state index contributed by atoms with van der Waals surface area (Å²) in [6.07, 6.45) is 8.37. The summed E-state index contributed by atoms with van der Waals surface area (Å²) in [6.45, 7) is 9.32. The van der Waals surface area contributed by atoms with Gasteiger partial charge in [-0.25, -0.2) is 0 Å². The lowest BCUT2D eigenvalue weighted by Gasteiger charge is -2.43. The second-order valence-corrected chi connectivity index (χ2v) is 6.75. The first-order chi connectivity index (χ1) is 8.67. The summed E-state index contributed by atoms with van der Waals surface area (Å²) in [5.74, 6) is 2.59. The van der Waals surface area contributed by atoms with Crippen molar-refractivity contribution < 1.29 is 0 Å². The van der Waals surface area contributed by atoms with Crippen molar-refractivity contribution in [3.8, 4) is 0 Å². The summed E-state index contributed by atoms with van der Waals surface area (Å²) in [7, 11) is 0. The molecular formula is C16H32N2. The Hall–Kier alpha value is -0.0800. The Bertz CT molecular complexity index is 253. The van der Waals surface area contributed by atoms with Crippen molar-refractivity contribution in [3.63, 3.8) is 0 Å². The highest BCUT2D eigenvalue weighted by Gasteiger charge is 2.36. The third kappa shape index (κ3) is 2.91. The van der Waals surface area contributed by atoms with Crippen molar-refractivity contribution in [2.75, 3.05) is 13.1 Å². The van der Waals surface area contributed by atoms with E-state index < -0.39 is 0 Å². The van der Waals surface area contributed by atoms with Gasteiger partial charge in [0.05, 0.1) is 0 Å². The lowest BCUT2D eigenvalue weighted by molar-refractivity contribution is 0.0609. The highest BCUT2D eigenvalue weighted by atomic mass is 15.2. The van der Waals surface area contributed by atoms with Gasteiger partial charge in [0.25, 0.3) is 0 Å². The van der Waals surface area contributed by atoms with Crippen molar-refractivity contribution in [3.05, 3.63) is 0 Å². The largest absolute Gasteiger partial charge is 0.330 e. The molecule has 0 amide bonds. The van der Waals surface area contributed by atoms with Gasteiger partial charge in [-0.1, -0.05) is 27.2 Å². The van der Waals surface area contributed by atoms with Crippen molar-refractivity contribution in [1.29, 1.82) is 0 Å². The topological polar surface area (TPSA) is 29.3 Å². The maximum atomic E-state index is 5.97. The summed E-state index contributed by atoms with van der Waals surface area (Å²) in [5, 5.41) is 0. The molecule has 0 aliphatic heterocycles. The average molecular weight is 252 g/mol. The zero-order valence-electron chi connectivity index (χ0n) is 12.6. The van der Waals surface area contributed by atoms with Crippen LogP contribution in [0.1, 0.15) is 59.3 Å². The second-order valence-electron chi connectivity index (χ2n) is 6.75. The van der Waals surface area contributed by atoms with Crippen LogP contribution < -0.4 is 5.73 Å². The minimum Gasteiger partial charge on any atom is -0.330 e. The van der Waals surface area contributed by atoms with E-state index in [1.165, 1.54) is 45.1 Å². The molecule has 106 valence electrons. The molecule has 0 aromatic rings. The summed E-state index contributed by atoms with van der Waals surface area (Å²) in [4.78, 5) is 2.81. The lowest BCUT2D eigenvalue weighted by atomic mass is 9.78. The smallest absolute Gasteiger partial charge is 0.0138 e. The standard InChI is InChI=1S/C16H32N2/c1-4-18(16-7-5-6-14(16)11-17)15-9-8-12(2)13(3)10-15/h12-16H,4-11,17H2,1-3H3. The number of nitrogens with two attached hydrogens (primary N) is 1.